The van der Waals surface area contributed by atoms with Crippen molar-refractivity contribution < 1.29 is 27.9 Å². The molecule has 0 bridgehead atoms. The second kappa shape index (κ2) is 8.80. The molecular weight excluding hydrogens is 444 g/mol. The third kappa shape index (κ3) is 4.76. The van der Waals surface area contributed by atoms with Crippen LogP contribution < -0.4 is 4.72 Å². The molecule has 0 radical (unpaired) electrons. The van der Waals surface area contributed by atoms with E-state index in [-0.39, 0.29) is 42.9 Å². The van der Waals surface area contributed by atoms with E-state index in [1.807, 2.05) is 19.1 Å². The van der Waals surface area contributed by atoms with E-state index in [4.69, 9.17) is 0 Å². The highest BCUT2D eigenvalue weighted by Crippen LogP contribution is 2.57. The number of Topliss-reactive ketones (excluding diaryl/α,β-unsaturated/α-hetero) is 1. The monoisotopic (exact) mass is 480 g/mol. The molecule has 9 heteroatoms. The highest BCUT2D eigenvalue weighted by atomic mass is 32.2. The highest BCUT2D eigenvalue weighted by molar-refractivity contribution is 7.91. The number of hydrogen-bond acceptors (Lipinski definition) is 6. The Bertz CT molecular complexity index is 956. The smallest absolute Gasteiger partial charge is 0.240 e. The van der Waals surface area contributed by atoms with Crippen LogP contribution in [0.3, 0.4) is 0 Å². The van der Waals surface area contributed by atoms with Crippen LogP contribution in [-0.4, -0.2) is 59.5 Å². The maximum Gasteiger partial charge on any atom is 0.240 e. The fraction of sp³-hybridized carbons (Fsp3) is 0.792. The quantitative estimate of drug-likeness (QED) is 0.597. The normalized spacial score (nSPS) is 37.8. The second-order valence-corrected chi connectivity index (χ2v) is 13.1. The topological polar surface area (TPSA) is 121 Å². The van der Waals surface area contributed by atoms with Crippen LogP contribution in [0.15, 0.2) is 12.2 Å². The zero-order chi connectivity index (χ0) is 24.0. The molecule has 5 atom stereocenters. The van der Waals surface area contributed by atoms with Gasteiger partial charge in [0.15, 0.2) is 5.78 Å². The van der Waals surface area contributed by atoms with Crippen LogP contribution in [0.1, 0.15) is 78.1 Å². The summed E-state index contributed by atoms with van der Waals surface area (Å²) in [4.78, 5) is 41.2. The number of allylic oxidation sites excluding steroid dienone is 2. The summed E-state index contributed by atoms with van der Waals surface area (Å²) in [5.41, 5.74) is -1.11. The zero-order valence-electron chi connectivity index (χ0n) is 19.6. The molecule has 4 aliphatic rings. The Kier molecular flexibility index (Phi) is 6.50. The standard InChI is InChI=1S/C24H36N2O6S/c1-16-8-6-4-3-5-7-9-17-13-24(17,22(30)25-33(31,32)23(2)10-11-23)14-20(28)19-12-18(27)15-26(19)21(16)29/h7,9,16-19,27H,3-6,8,10-15H2,1-2H3,(H,25,30)/b9-7-/t16-,17+,18+,19-,24+/m0/s1. The first-order valence-corrected chi connectivity index (χ1v) is 13.7. The van der Waals surface area contributed by atoms with Gasteiger partial charge in [-0.15, -0.1) is 0 Å². The average Bonchev–Trinajstić information content (AvgIpc) is 3.62. The summed E-state index contributed by atoms with van der Waals surface area (Å²) in [6, 6.07) is -0.771. The first-order chi connectivity index (χ1) is 15.5. The first-order valence-electron chi connectivity index (χ1n) is 12.2. The molecule has 2 N–H and O–H groups in total. The van der Waals surface area contributed by atoms with Crippen LogP contribution in [-0.2, 0) is 24.4 Å². The molecule has 0 spiro atoms. The molecule has 2 aliphatic heterocycles. The third-order valence-electron chi connectivity index (χ3n) is 8.14. The molecule has 184 valence electrons. The number of hydrogen-bond donors (Lipinski definition) is 2. The summed E-state index contributed by atoms with van der Waals surface area (Å²) in [6.45, 7) is 3.60. The summed E-state index contributed by atoms with van der Waals surface area (Å²) in [6.07, 6.45) is 9.14. The van der Waals surface area contributed by atoms with Gasteiger partial charge in [-0.05, 0) is 51.4 Å². The minimum atomic E-state index is -3.81. The third-order valence-corrected chi connectivity index (χ3v) is 10.3. The van der Waals surface area contributed by atoms with Crippen molar-refractivity contribution in [2.45, 2.75) is 94.9 Å². The summed E-state index contributed by atoms with van der Waals surface area (Å²) in [7, 11) is -3.81. The predicted molar refractivity (Wildman–Crippen MR) is 122 cm³/mol. The van der Waals surface area contributed by atoms with Gasteiger partial charge in [-0.3, -0.25) is 19.1 Å². The van der Waals surface area contributed by atoms with Crippen molar-refractivity contribution in [3.8, 4) is 0 Å². The van der Waals surface area contributed by atoms with Gasteiger partial charge in [-0.25, -0.2) is 8.42 Å². The summed E-state index contributed by atoms with van der Waals surface area (Å²) >= 11 is 0. The van der Waals surface area contributed by atoms with Crippen molar-refractivity contribution >= 4 is 27.6 Å². The van der Waals surface area contributed by atoms with Gasteiger partial charge >= 0.3 is 0 Å². The fourth-order valence-corrected chi connectivity index (χ4v) is 6.60. The molecule has 2 amide bonds. The molecule has 33 heavy (non-hydrogen) atoms. The second-order valence-electron chi connectivity index (χ2n) is 10.9. The number of aliphatic hydroxyl groups is 1. The van der Waals surface area contributed by atoms with Crippen LogP contribution in [0.4, 0.5) is 0 Å². The van der Waals surface area contributed by atoms with Gasteiger partial charge in [0.25, 0.3) is 0 Å². The van der Waals surface area contributed by atoms with Crippen molar-refractivity contribution in [1.29, 1.82) is 0 Å². The van der Waals surface area contributed by atoms with E-state index in [2.05, 4.69) is 4.72 Å². The fourth-order valence-electron chi connectivity index (χ4n) is 5.27. The number of sulfonamides is 1. The SMILES string of the molecule is C[C@H]1CCCCC/C=C\[C@@H]2C[C@@]2(C(=O)NS(=O)(=O)C2(C)CC2)CC(=O)[C@@H]2C[C@@H](O)CN2C1=O. The summed E-state index contributed by atoms with van der Waals surface area (Å²) in [5, 5.41) is 10.2. The van der Waals surface area contributed by atoms with Crippen LogP contribution in [0, 0.1) is 17.3 Å². The van der Waals surface area contributed by atoms with Crippen LogP contribution in [0.2, 0.25) is 0 Å². The Labute approximate surface area is 196 Å². The number of fused-ring (bicyclic) bond motifs is 2. The molecule has 0 aromatic rings. The maximum absolute atomic E-state index is 13.4. The first kappa shape index (κ1) is 24.4. The van der Waals surface area contributed by atoms with E-state index in [1.54, 1.807) is 6.92 Å². The summed E-state index contributed by atoms with van der Waals surface area (Å²) < 4.78 is 26.7. The van der Waals surface area contributed by atoms with Gasteiger partial charge in [-0.2, -0.15) is 0 Å². The number of carbonyl (C=O) groups excluding carboxylic acids is 3. The molecule has 2 saturated carbocycles. The Balaban J connectivity index is 1.58. The lowest BCUT2D eigenvalue weighted by molar-refractivity contribution is -0.141. The average molecular weight is 481 g/mol. The lowest BCUT2D eigenvalue weighted by atomic mass is 9.91. The number of nitrogens with zero attached hydrogens (tertiary/aromatic N) is 1. The van der Waals surface area contributed by atoms with Crippen molar-refractivity contribution in [3.63, 3.8) is 0 Å². The van der Waals surface area contributed by atoms with Crippen LogP contribution in [0.5, 0.6) is 0 Å². The highest BCUT2D eigenvalue weighted by Gasteiger charge is 2.62. The van der Waals surface area contributed by atoms with E-state index < -0.39 is 38.2 Å². The van der Waals surface area contributed by atoms with E-state index >= 15 is 0 Å². The number of rotatable bonds is 3. The molecule has 8 nitrogen and oxygen atoms in total. The predicted octanol–water partition coefficient (Wildman–Crippen LogP) is 2.07. The molecule has 2 heterocycles. The number of amides is 2. The van der Waals surface area contributed by atoms with Crippen molar-refractivity contribution in [1.82, 2.24) is 9.62 Å². The van der Waals surface area contributed by atoms with Crippen molar-refractivity contribution in [2.75, 3.05) is 6.54 Å². The van der Waals surface area contributed by atoms with E-state index in [0.29, 0.717) is 19.3 Å². The Morgan fingerprint density at radius 3 is 2.64 bits per heavy atom. The lowest BCUT2D eigenvalue weighted by Crippen LogP contribution is -2.46. The van der Waals surface area contributed by atoms with Gasteiger partial charge in [0.05, 0.1) is 22.3 Å². The van der Waals surface area contributed by atoms with Gasteiger partial charge < -0.3 is 10.0 Å². The molecule has 0 unspecified atom stereocenters. The minimum absolute atomic E-state index is 0.120. The van der Waals surface area contributed by atoms with Crippen LogP contribution >= 0.6 is 0 Å². The van der Waals surface area contributed by atoms with Crippen molar-refractivity contribution in [2.24, 2.45) is 17.3 Å². The minimum Gasteiger partial charge on any atom is -0.391 e. The van der Waals surface area contributed by atoms with Crippen molar-refractivity contribution in [3.05, 3.63) is 12.2 Å². The molecule has 0 aromatic carbocycles. The number of ketones is 1. The number of carbonyl (C=O) groups is 3. The molecule has 1 saturated heterocycles. The summed E-state index contributed by atoms with van der Waals surface area (Å²) in [5.74, 6) is -1.46. The largest absolute Gasteiger partial charge is 0.391 e. The lowest BCUT2D eigenvalue weighted by Gasteiger charge is -2.28. The van der Waals surface area contributed by atoms with Crippen LogP contribution in [0.25, 0.3) is 0 Å². The van der Waals surface area contributed by atoms with E-state index in [9.17, 15) is 27.9 Å². The van der Waals surface area contributed by atoms with Gasteiger partial charge in [-0.1, -0.05) is 31.9 Å². The van der Waals surface area contributed by atoms with Gasteiger partial charge in [0, 0.05) is 25.3 Å². The molecule has 3 fully saturated rings. The zero-order valence-corrected chi connectivity index (χ0v) is 20.4. The molecule has 0 aromatic heterocycles. The molecular formula is C24H36N2O6S. The Hall–Kier alpha value is -1.74. The van der Waals surface area contributed by atoms with Gasteiger partial charge in [0.2, 0.25) is 21.8 Å². The Morgan fingerprint density at radius 1 is 1.21 bits per heavy atom. The molecule has 4 rings (SSSR count). The number of nitrogens with one attached hydrogen (secondary N) is 1. The maximum atomic E-state index is 13.4. The molecule has 2 aliphatic carbocycles. The van der Waals surface area contributed by atoms with Gasteiger partial charge in [0.1, 0.15) is 0 Å². The van der Waals surface area contributed by atoms with E-state index in [0.717, 1.165) is 32.1 Å². The Morgan fingerprint density at radius 2 is 1.94 bits per heavy atom. The number of aliphatic hydroxyl groups excluding tert-OH is 1. The van der Waals surface area contributed by atoms with E-state index in [1.165, 1.54) is 4.90 Å².